The Morgan fingerprint density at radius 2 is 2.41 bits per heavy atom. The number of H-pyrrole nitrogens is 1. The largest absolute Gasteiger partial charge is 0.506 e. The van der Waals surface area contributed by atoms with Gasteiger partial charge in [-0.2, -0.15) is 0 Å². The molecule has 0 aromatic carbocycles. The van der Waals surface area contributed by atoms with Crippen LogP contribution < -0.4 is 5.56 Å². The zero-order chi connectivity index (χ0) is 12.4. The number of ether oxygens (including phenoxy) is 1. The van der Waals surface area contributed by atoms with Gasteiger partial charge in [-0.3, -0.25) is 4.79 Å². The molecule has 90 valence electrons. The van der Waals surface area contributed by atoms with Gasteiger partial charge in [-0.05, 0) is 6.42 Å². The first-order valence-corrected chi connectivity index (χ1v) is 6.02. The van der Waals surface area contributed by atoms with Gasteiger partial charge in [0.25, 0.3) is 5.56 Å². The van der Waals surface area contributed by atoms with E-state index in [1.807, 2.05) is 0 Å². The molecule has 2 heterocycles. The third kappa shape index (κ3) is 2.08. The maximum Gasteiger partial charge on any atom is 0.347 e. The van der Waals surface area contributed by atoms with Gasteiger partial charge >= 0.3 is 5.97 Å². The molecule has 6 heteroatoms. The lowest BCUT2D eigenvalue weighted by atomic mass is 10.2. The summed E-state index contributed by atoms with van der Waals surface area (Å²) in [4.78, 5) is 26.4. The van der Waals surface area contributed by atoms with Gasteiger partial charge in [-0.1, -0.05) is 12.7 Å². The molecule has 1 aromatic heterocycles. The van der Waals surface area contributed by atoms with Crippen molar-refractivity contribution in [2.75, 3.05) is 12.4 Å². The summed E-state index contributed by atoms with van der Waals surface area (Å²) in [5, 5.41) is 9.89. The standard InChI is InChI=1S/C11H11NO4S/c1-2-4-16-11(15)7-8(13)9-6(3-5-17-9)12-10(7)14/h2H,1,3-5H2,(H2,12,13,14). The van der Waals surface area contributed by atoms with Crippen LogP contribution in [-0.4, -0.2) is 28.4 Å². The second-order valence-corrected chi connectivity index (χ2v) is 4.58. The van der Waals surface area contributed by atoms with Crippen LogP contribution in [-0.2, 0) is 11.2 Å². The highest BCUT2D eigenvalue weighted by Crippen LogP contribution is 2.37. The molecule has 0 atom stereocenters. The zero-order valence-corrected chi connectivity index (χ0v) is 9.80. The van der Waals surface area contributed by atoms with E-state index in [1.54, 1.807) is 0 Å². The lowest BCUT2D eigenvalue weighted by Gasteiger charge is -2.07. The molecule has 1 aliphatic heterocycles. The molecule has 0 spiro atoms. The Balaban J connectivity index is 2.44. The van der Waals surface area contributed by atoms with Gasteiger partial charge in [-0.25, -0.2) is 4.79 Å². The number of aryl methyl sites for hydroxylation is 1. The maximum absolute atomic E-state index is 11.7. The molecule has 1 aliphatic rings. The summed E-state index contributed by atoms with van der Waals surface area (Å²) in [6.45, 7) is 3.40. The van der Waals surface area contributed by atoms with Gasteiger partial charge in [0.2, 0.25) is 0 Å². The van der Waals surface area contributed by atoms with Crippen molar-refractivity contribution in [2.24, 2.45) is 0 Å². The van der Waals surface area contributed by atoms with Gasteiger partial charge in [0, 0.05) is 11.4 Å². The third-order valence-corrected chi connectivity index (χ3v) is 3.49. The van der Waals surface area contributed by atoms with Crippen molar-refractivity contribution in [1.29, 1.82) is 0 Å². The number of carbonyl (C=O) groups excluding carboxylic acids is 1. The molecule has 2 rings (SSSR count). The number of thioether (sulfide) groups is 1. The predicted molar refractivity (Wildman–Crippen MR) is 63.6 cm³/mol. The number of fused-ring (bicyclic) bond motifs is 1. The minimum atomic E-state index is -0.834. The summed E-state index contributed by atoms with van der Waals surface area (Å²) in [6, 6.07) is 0. The fraction of sp³-hybridized carbons (Fsp3) is 0.273. The number of hydrogen-bond acceptors (Lipinski definition) is 5. The minimum Gasteiger partial charge on any atom is -0.506 e. The number of nitrogens with one attached hydrogen (secondary N) is 1. The van der Waals surface area contributed by atoms with Crippen molar-refractivity contribution < 1.29 is 14.6 Å². The van der Waals surface area contributed by atoms with Crippen LogP contribution in [0.4, 0.5) is 0 Å². The summed E-state index contributed by atoms with van der Waals surface area (Å²) in [5.74, 6) is -0.330. The summed E-state index contributed by atoms with van der Waals surface area (Å²) < 4.78 is 4.75. The molecule has 0 bridgehead atoms. The lowest BCUT2D eigenvalue weighted by molar-refractivity contribution is 0.0543. The Bertz CT molecular complexity index is 535. The molecular weight excluding hydrogens is 242 g/mol. The number of aromatic amines is 1. The summed E-state index contributed by atoms with van der Waals surface area (Å²) in [6.07, 6.45) is 2.08. The Kier molecular flexibility index (Phi) is 3.23. The third-order valence-electron chi connectivity index (χ3n) is 2.35. The molecule has 5 nitrogen and oxygen atoms in total. The quantitative estimate of drug-likeness (QED) is 0.622. The van der Waals surface area contributed by atoms with E-state index in [2.05, 4.69) is 11.6 Å². The van der Waals surface area contributed by atoms with E-state index in [1.165, 1.54) is 17.8 Å². The summed E-state index contributed by atoms with van der Waals surface area (Å²) in [7, 11) is 0. The lowest BCUT2D eigenvalue weighted by Crippen LogP contribution is -2.21. The second kappa shape index (κ2) is 4.67. The Morgan fingerprint density at radius 1 is 1.65 bits per heavy atom. The van der Waals surface area contributed by atoms with E-state index in [0.717, 1.165) is 5.75 Å². The SMILES string of the molecule is C=CCOC(=O)c1c(O)c2c([nH]c1=O)CCS2. The van der Waals surface area contributed by atoms with Gasteiger partial charge in [0.05, 0.1) is 4.90 Å². The Morgan fingerprint density at radius 3 is 3.12 bits per heavy atom. The average molecular weight is 253 g/mol. The number of esters is 1. The van der Waals surface area contributed by atoms with Crippen LogP contribution in [0, 0.1) is 0 Å². The second-order valence-electron chi connectivity index (χ2n) is 3.47. The zero-order valence-electron chi connectivity index (χ0n) is 8.99. The first-order chi connectivity index (χ1) is 8.15. The molecule has 0 unspecified atom stereocenters. The first kappa shape index (κ1) is 11.8. The molecule has 0 aliphatic carbocycles. The smallest absolute Gasteiger partial charge is 0.347 e. The van der Waals surface area contributed by atoms with Gasteiger partial charge in [0.15, 0.2) is 11.3 Å². The van der Waals surface area contributed by atoms with Crippen molar-refractivity contribution in [2.45, 2.75) is 11.3 Å². The number of hydrogen-bond donors (Lipinski definition) is 2. The van der Waals surface area contributed by atoms with Crippen molar-refractivity contribution in [1.82, 2.24) is 4.98 Å². The number of pyridine rings is 1. The van der Waals surface area contributed by atoms with Crippen LogP contribution in [0.1, 0.15) is 16.1 Å². The molecule has 17 heavy (non-hydrogen) atoms. The number of aromatic nitrogens is 1. The molecule has 0 saturated heterocycles. The van der Waals surface area contributed by atoms with Crippen molar-refractivity contribution in [3.05, 3.63) is 34.3 Å². The van der Waals surface area contributed by atoms with Gasteiger partial charge < -0.3 is 14.8 Å². The van der Waals surface area contributed by atoms with E-state index in [0.29, 0.717) is 17.0 Å². The van der Waals surface area contributed by atoms with E-state index >= 15 is 0 Å². The minimum absolute atomic E-state index is 0.00193. The summed E-state index contributed by atoms with van der Waals surface area (Å²) >= 11 is 1.41. The van der Waals surface area contributed by atoms with Gasteiger partial charge in [0.1, 0.15) is 6.61 Å². The predicted octanol–water partition coefficient (Wildman–Crippen LogP) is 1.07. The Labute approximate surface area is 101 Å². The highest BCUT2D eigenvalue weighted by atomic mass is 32.2. The van der Waals surface area contributed by atoms with Crippen molar-refractivity contribution in [3.8, 4) is 5.75 Å². The highest BCUT2D eigenvalue weighted by molar-refractivity contribution is 7.99. The number of carbonyl (C=O) groups is 1. The van der Waals surface area contributed by atoms with E-state index in [-0.39, 0.29) is 17.9 Å². The molecule has 0 saturated carbocycles. The van der Waals surface area contributed by atoms with Crippen LogP contribution in [0.3, 0.4) is 0 Å². The van der Waals surface area contributed by atoms with E-state index < -0.39 is 11.5 Å². The summed E-state index contributed by atoms with van der Waals surface area (Å²) in [5.41, 5.74) is -0.268. The topological polar surface area (TPSA) is 79.4 Å². The molecule has 1 aromatic rings. The van der Waals surface area contributed by atoms with Crippen LogP contribution in [0.15, 0.2) is 22.3 Å². The molecule has 0 amide bonds. The van der Waals surface area contributed by atoms with Crippen LogP contribution in [0.25, 0.3) is 0 Å². The van der Waals surface area contributed by atoms with Crippen molar-refractivity contribution in [3.63, 3.8) is 0 Å². The van der Waals surface area contributed by atoms with Crippen molar-refractivity contribution >= 4 is 17.7 Å². The van der Waals surface area contributed by atoms with Crippen LogP contribution >= 0.6 is 11.8 Å². The van der Waals surface area contributed by atoms with Crippen LogP contribution in [0.5, 0.6) is 5.75 Å². The first-order valence-electron chi connectivity index (χ1n) is 5.04. The fourth-order valence-electron chi connectivity index (χ4n) is 1.60. The molecule has 2 N–H and O–H groups in total. The number of rotatable bonds is 3. The average Bonchev–Trinajstić information content (AvgIpc) is 2.74. The van der Waals surface area contributed by atoms with E-state index in [9.17, 15) is 14.7 Å². The monoisotopic (exact) mass is 253 g/mol. The Hall–Kier alpha value is -1.69. The fourth-order valence-corrected chi connectivity index (χ4v) is 2.68. The molecule has 0 fully saturated rings. The maximum atomic E-state index is 11.7. The highest BCUT2D eigenvalue weighted by Gasteiger charge is 2.26. The van der Waals surface area contributed by atoms with Gasteiger partial charge in [-0.15, -0.1) is 11.8 Å². The molecule has 0 radical (unpaired) electrons. The van der Waals surface area contributed by atoms with E-state index in [4.69, 9.17) is 4.74 Å². The number of aromatic hydroxyl groups is 1. The normalized spacial score (nSPS) is 13.2. The van der Waals surface area contributed by atoms with Crippen LogP contribution in [0.2, 0.25) is 0 Å². The molecular formula is C11H11NO4S.